The minimum Gasteiger partial charge on any atom is -0.493 e. The third kappa shape index (κ3) is 5.87. The summed E-state index contributed by atoms with van der Waals surface area (Å²) >= 11 is 0. The largest absolute Gasteiger partial charge is 0.493 e. The van der Waals surface area contributed by atoms with E-state index in [1.807, 2.05) is 32.0 Å². The van der Waals surface area contributed by atoms with Gasteiger partial charge in [-0.2, -0.15) is 0 Å². The Kier molecular flexibility index (Phi) is 8.18. The molecule has 0 saturated heterocycles. The molecule has 4 aromatic rings. The molecule has 2 aromatic carbocycles. The van der Waals surface area contributed by atoms with Crippen molar-refractivity contribution in [3.8, 4) is 11.5 Å². The fraction of sp³-hybridized carbons (Fsp3) is 0.286. The molecule has 2 heterocycles. The zero-order chi connectivity index (χ0) is 28.1. The highest BCUT2D eigenvalue weighted by atomic mass is 16.5. The van der Waals surface area contributed by atoms with E-state index in [1.54, 1.807) is 12.1 Å². The van der Waals surface area contributed by atoms with E-state index in [1.165, 1.54) is 37.2 Å². The van der Waals surface area contributed by atoms with Crippen LogP contribution in [0.25, 0.3) is 10.9 Å². The van der Waals surface area contributed by atoms with Crippen LogP contribution in [0, 0.1) is 13.8 Å². The smallest absolute Gasteiger partial charge is 0.331 e. The fourth-order valence-electron chi connectivity index (χ4n) is 4.33. The number of nitrogens with one attached hydrogen (secondary N) is 2. The number of carbonyl (C=O) groups is 2. The van der Waals surface area contributed by atoms with Gasteiger partial charge in [0.1, 0.15) is 12.3 Å². The monoisotopic (exact) mass is 534 g/mol. The molecule has 0 fully saturated rings. The van der Waals surface area contributed by atoms with Gasteiger partial charge in [-0.15, -0.1) is 0 Å². The Bertz CT molecular complexity index is 1610. The molecule has 0 atom stereocenters. The molecule has 0 saturated carbocycles. The predicted molar refractivity (Wildman–Crippen MR) is 145 cm³/mol. The summed E-state index contributed by atoms with van der Waals surface area (Å²) < 4.78 is 18.1. The average Bonchev–Trinajstić information content (AvgIpc) is 3.45. The van der Waals surface area contributed by atoms with Crippen LogP contribution < -0.4 is 31.4 Å². The minimum atomic E-state index is -0.727. The summed E-state index contributed by atoms with van der Waals surface area (Å²) in [6, 6.07) is 12.0. The van der Waals surface area contributed by atoms with Crippen LogP contribution in [0.4, 0.5) is 5.69 Å². The van der Waals surface area contributed by atoms with E-state index in [2.05, 4.69) is 10.6 Å². The molecule has 2 aromatic heterocycles. The van der Waals surface area contributed by atoms with E-state index in [9.17, 15) is 19.2 Å². The van der Waals surface area contributed by atoms with Gasteiger partial charge in [-0.3, -0.25) is 23.5 Å². The SMILES string of the molecule is COc1cc2c(=O)n(CCC(=O)NCc3ccco3)c(=O)n(CC(=O)Nc3c(C)cccc3C)c2cc1OC. The lowest BCUT2D eigenvalue weighted by molar-refractivity contribution is -0.121. The number of nitrogens with zero attached hydrogens (tertiary/aromatic N) is 2. The number of aryl methyl sites for hydroxylation is 2. The molecule has 11 nitrogen and oxygen atoms in total. The second-order valence-corrected chi connectivity index (χ2v) is 8.97. The summed E-state index contributed by atoms with van der Waals surface area (Å²) in [5, 5.41) is 5.70. The Balaban J connectivity index is 1.70. The van der Waals surface area contributed by atoms with Crippen molar-refractivity contribution in [1.29, 1.82) is 0 Å². The Morgan fingerprint density at radius 1 is 0.923 bits per heavy atom. The molecular formula is C28H30N4O7. The first kappa shape index (κ1) is 27.2. The minimum absolute atomic E-state index is 0.136. The zero-order valence-electron chi connectivity index (χ0n) is 22.2. The van der Waals surface area contributed by atoms with Crippen LogP contribution >= 0.6 is 0 Å². The number of furan rings is 1. The maximum Gasteiger partial charge on any atom is 0.331 e. The summed E-state index contributed by atoms with van der Waals surface area (Å²) in [7, 11) is 2.86. The van der Waals surface area contributed by atoms with Gasteiger partial charge >= 0.3 is 5.69 Å². The quantitative estimate of drug-likeness (QED) is 0.320. The van der Waals surface area contributed by atoms with E-state index in [0.29, 0.717) is 17.2 Å². The van der Waals surface area contributed by atoms with E-state index >= 15 is 0 Å². The lowest BCUT2D eigenvalue weighted by Crippen LogP contribution is -2.42. The molecule has 0 aliphatic carbocycles. The van der Waals surface area contributed by atoms with Gasteiger partial charge in [-0.1, -0.05) is 18.2 Å². The molecule has 204 valence electrons. The van der Waals surface area contributed by atoms with Crippen molar-refractivity contribution in [2.75, 3.05) is 19.5 Å². The number of anilines is 1. The van der Waals surface area contributed by atoms with Gasteiger partial charge in [0, 0.05) is 24.7 Å². The van der Waals surface area contributed by atoms with Crippen molar-refractivity contribution in [1.82, 2.24) is 14.5 Å². The molecule has 2 amide bonds. The maximum absolute atomic E-state index is 13.6. The van der Waals surface area contributed by atoms with Gasteiger partial charge in [0.2, 0.25) is 11.8 Å². The summed E-state index contributed by atoms with van der Waals surface area (Å²) in [5.74, 6) is 0.332. The second kappa shape index (κ2) is 11.7. The highest BCUT2D eigenvalue weighted by molar-refractivity contribution is 5.93. The van der Waals surface area contributed by atoms with Gasteiger partial charge in [-0.25, -0.2) is 4.79 Å². The molecule has 39 heavy (non-hydrogen) atoms. The van der Waals surface area contributed by atoms with Crippen molar-refractivity contribution < 1.29 is 23.5 Å². The molecule has 0 aliphatic heterocycles. The first-order chi connectivity index (χ1) is 18.7. The van der Waals surface area contributed by atoms with Crippen LogP contribution in [0.1, 0.15) is 23.3 Å². The lowest BCUT2D eigenvalue weighted by Gasteiger charge is -2.17. The molecule has 4 rings (SSSR count). The van der Waals surface area contributed by atoms with Crippen molar-refractivity contribution in [2.24, 2.45) is 0 Å². The van der Waals surface area contributed by atoms with Gasteiger partial charge in [0.05, 0.1) is 37.9 Å². The van der Waals surface area contributed by atoms with E-state index in [-0.39, 0.29) is 48.6 Å². The number of ether oxygens (including phenoxy) is 2. The van der Waals surface area contributed by atoms with Gasteiger partial charge in [0.25, 0.3) is 5.56 Å². The first-order valence-corrected chi connectivity index (χ1v) is 12.3. The third-order valence-electron chi connectivity index (χ3n) is 6.38. The third-order valence-corrected chi connectivity index (χ3v) is 6.38. The Morgan fingerprint density at radius 3 is 2.26 bits per heavy atom. The molecule has 0 spiro atoms. The van der Waals surface area contributed by atoms with Crippen LogP contribution in [0.2, 0.25) is 0 Å². The topological polar surface area (TPSA) is 134 Å². The molecular weight excluding hydrogens is 504 g/mol. The van der Waals surface area contributed by atoms with E-state index in [0.717, 1.165) is 15.7 Å². The number of hydrogen-bond acceptors (Lipinski definition) is 7. The highest BCUT2D eigenvalue weighted by Crippen LogP contribution is 2.30. The number of fused-ring (bicyclic) bond motifs is 1. The van der Waals surface area contributed by atoms with E-state index < -0.39 is 17.2 Å². The summed E-state index contributed by atoms with van der Waals surface area (Å²) in [6.07, 6.45) is 1.36. The normalized spacial score (nSPS) is 10.9. The van der Waals surface area contributed by atoms with Gasteiger partial charge < -0.3 is 24.5 Å². The van der Waals surface area contributed by atoms with Crippen molar-refractivity contribution >= 4 is 28.4 Å². The lowest BCUT2D eigenvalue weighted by atomic mass is 10.1. The van der Waals surface area contributed by atoms with Crippen LogP contribution in [0.5, 0.6) is 11.5 Å². The molecule has 0 unspecified atom stereocenters. The number of aromatic nitrogens is 2. The number of amides is 2. The fourth-order valence-corrected chi connectivity index (χ4v) is 4.33. The number of methoxy groups -OCH3 is 2. The van der Waals surface area contributed by atoms with E-state index in [4.69, 9.17) is 13.9 Å². The number of para-hydroxylation sites is 1. The highest BCUT2D eigenvalue weighted by Gasteiger charge is 2.20. The van der Waals surface area contributed by atoms with Crippen molar-refractivity contribution in [3.05, 3.63) is 86.5 Å². The molecule has 2 N–H and O–H groups in total. The molecule has 11 heteroatoms. The number of rotatable bonds is 10. The number of benzene rings is 2. The summed E-state index contributed by atoms with van der Waals surface area (Å²) in [5.41, 5.74) is 1.27. The second-order valence-electron chi connectivity index (χ2n) is 8.97. The van der Waals surface area contributed by atoms with Crippen LogP contribution in [0.3, 0.4) is 0 Å². The average molecular weight is 535 g/mol. The molecule has 0 radical (unpaired) electrons. The summed E-state index contributed by atoms with van der Waals surface area (Å²) in [6.45, 7) is 3.36. The number of carbonyl (C=O) groups excluding carboxylic acids is 2. The van der Waals surface area contributed by atoms with Crippen LogP contribution in [-0.2, 0) is 29.2 Å². The van der Waals surface area contributed by atoms with Crippen molar-refractivity contribution in [2.45, 2.75) is 39.9 Å². The Morgan fingerprint density at radius 2 is 1.62 bits per heavy atom. The van der Waals surface area contributed by atoms with Gasteiger partial charge in [-0.05, 0) is 43.2 Å². The molecule has 0 bridgehead atoms. The Labute approximate surface area is 224 Å². The molecule has 0 aliphatic rings. The van der Waals surface area contributed by atoms with Crippen LogP contribution in [0.15, 0.2) is 62.7 Å². The van der Waals surface area contributed by atoms with Gasteiger partial charge in [0.15, 0.2) is 11.5 Å². The Hall–Kier alpha value is -4.80. The zero-order valence-corrected chi connectivity index (χ0v) is 22.2. The maximum atomic E-state index is 13.6. The summed E-state index contributed by atoms with van der Waals surface area (Å²) in [4.78, 5) is 52.5. The number of hydrogen-bond donors (Lipinski definition) is 2. The standard InChI is InChI=1S/C28H30N4O7/c1-17-7-5-8-18(2)26(17)30-25(34)16-32-21-14-23(38-4)22(37-3)13-20(21)27(35)31(28(32)36)11-10-24(33)29-15-19-9-6-12-39-19/h5-9,12-14H,10-11,15-16H2,1-4H3,(H,29,33)(H,30,34). The predicted octanol–water partition coefficient (Wildman–Crippen LogP) is 2.74. The first-order valence-electron chi connectivity index (χ1n) is 12.3. The van der Waals surface area contributed by atoms with Crippen LogP contribution in [-0.4, -0.2) is 35.2 Å². The van der Waals surface area contributed by atoms with Crippen molar-refractivity contribution in [3.63, 3.8) is 0 Å².